The van der Waals surface area contributed by atoms with Crippen LogP contribution >= 0.6 is 11.6 Å². The SMILES string of the molecule is COC(=O)c1ccc([C@H]2Nc3c(Cl)cc(C(=O)O)cc3[C@H]3C=CC[C@H]32)cc1. The normalized spacial score (nSPS) is 22.5. The van der Waals surface area contributed by atoms with Crippen LogP contribution in [-0.4, -0.2) is 24.2 Å². The van der Waals surface area contributed by atoms with Crippen LogP contribution in [-0.2, 0) is 4.74 Å². The number of carbonyl (C=O) groups excluding carboxylic acids is 1. The molecular weight excluding hydrogens is 366 g/mol. The highest BCUT2D eigenvalue weighted by molar-refractivity contribution is 6.33. The van der Waals surface area contributed by atoms with E-state index in [2.05, 4.69) is 17.5 Å². The molecular formula is C21H18ClNO4. The molecule has 2 aliphatic rings. The van der Waals surface area contributed by atoms with Crippen molar-refractivity contribution in [2.45, 2.75) is 18.4 Å². The number of methoxy groups -OCH3 is 1. The molecule has 0 amide bonds. The Morgan fingerprint density at radius 3 is 2.59 bits per heavy atom. The third-order valence-electron chi connectivity index (χ3n) is 5.36. The van der Waals surface area contributed by atoms with Crippen LogP contribution in [0.3, 0.4) is 0 Å². The fraction of sp³-hybridized carbons (Fsp3) is 0.238. The molecule has 0 spiro atoms. The van der Waals surface area contributed by atoms with E-state index in [4.69, 9.17) is 16.3 Å². The number of carbonyl (C=O) groups is 2. The zero-order chi connectivity index (χ0) is 19.1. The second kappa shape index (κ2) is 6.74. The van der Waals surface area contributed by atoms with Crippen molar-refractivity contribution in [3.8, 4) is 0 Å². The summed E-state index contributed by atoms with van der Waals surface area (Å²) in [7, 11) is 1.36. The minimum Gasteiger partial charge on any atom is -0.478 e. The number of rotatable bonds is 3. The largest absolute Gasteiger partial charge is 0.478 e. The molecule has 3 atom stereocenters. The van der Waals surface area contributed by atoms with Gasteiger partial charge in [-0.3, -0.25) is 0 Å². The number of anilines is 1. The molecule has 0 radical (unpaired) electrons. The molecule has 27 heavy (non-hydrogen) atoms. The van der Waals surface area contributed by atoms with Gasteiger partial charge < -0.3 is 15.2 Å². The Morgan fingerprint density at radius 1 is 1.19 bits per heavy atom. The van der Waals surface area contributed by atoms with Crippen LogP contribution in [0, 0.1) is 5.92 Å². The van der Waals surface area contributed by atoms with Crippen molar-refractivity contribution in [2.75, 3.05) is 12.4 Å². The lowest BCUT2D eigenvalue weighted by Crippen LogP contribution is -2.29. The second-order valence-corrected chi connectivity index (χ2v) is 7.22. The molecule has 4 rings (SSSR count). The van der Waals surface area contributed by atoms with E-state index in [-0.39, 0.29) is 29.4 Å². The zero-order valence-corrected chi connectivity index (χ0v) is 15.4. The first-order valence-electron chi connectivity index (χ1n) is 8.68. The van der Waals surface area contributed by atoms with Crippen molar-refractivity contribution in [1.29, 1.82) is 0 Å². The number of carboxylic acids is 1. The van der Waals surface area contributed by atoms with E-state index < -0.39 is 5.97 Å². The summed E-state index contributed by atoms with van der Waals surface area (Å²) >= 11 is 6.41. The molecule has 1 heterocycles. The number of halogens is 1. The first kappa shape index (κ1) is 17.6. The van der Waals surface area contributed by atoms with Gasteiger partial charge in [0.2, 0.25) is 0 Å². The average molecular weight is 384 g/mol. The molecule has 1 aliphatic carbocycles. The number of allylic oxidation sites excluding steroid dienone is 2. The van der Waals surface area contributed by atoms with E-state index in [0.29, 0.717) is 10.6 Å². The molecule has 2 aromatic rings. The molecule has 1 aliphatic heterocycles. The fourth-order valence-electron chi connectivity index (χ4n) is 4.05. The summed E-state index contributed by atoms with van der Waals surface area (Å²) in [6, 6.07) is 10.5. The molecule has 0 fully saturated rings. The maximum Gasteiger partial charge on any atom is 0.337 e. The smallest absolute Gasteiger partial charge is 0.337 e. The first-order chi connectivity index (χ1) is 13.0. The predicted molar refractivity (Wildman–Crippen MR) is 103 cm³/mol. The minimum atomic E-state index is -0.987. The number of hydrogen-bond donors (Lipinski definition) is 2. The summed E-state index contributed by atoms with van der Waals surface area (Å²) in [6.45, 7) is 0. The summed E-state index contributed by atoms with van der Waals surface area (Å²) in [5.74, 6) is -1.00. The van der Waals surface area contributed by atoms with Crippen molar-refractivity contribution in [3.63, 3.8) is 0 Å². The van der Waals surface area contributed by atoms with Crippen LogP contribution in [0.25, 0.3) is 0 Å². The third kappa shape index (κ3) is 2.98. The maximum atomic E-state index is 11.7. The van der Waals surface area contributed by atoms with Gasteiger partial charge in [-0.2, -0.15) is 0 Å². The molecule has 5 nitrogen and oxygen atoms in total. The van der Waals surface area contributed by atoms with E-state index in [0.717, 1.165) is 23.2 Å². The first-order valence-corrected chi connectivity index (χ1v) is 9.05. The number of carboxylic acid groups (broad SMARTS) is 1. The standard InChI is InChI=1S/C21H18ClNO4/c1-27-21(26)12-7-5-11(6-8-12)18-15-4-2-3-14(15)16-9-13(20(24)25)10-17(22)19(16)23-18/h2-3,5-10,14-15,18,23H,4H2,1H3,(H,24,25)/t14-,15+,18+/m0/s1. The Labute approximate surface area is 161 Å². The van der Waals surface area contributed by atoms with E-state index in [1.807, 2.05) is 12.1 Å². The van der Waals surface area contributed by atoms with Crippen LogP contribution in [0.2, 0.25) is 5.02 Å². The second-order valence-electron chi connectivity index (χ2n) is 6.82. The van der Waals surface area contributed by atoms with Gasteiger partial charge in [-0.1, -0.05) is 35.9 Å². The van der Waals surface area contributed by atoms with Gasteiger partial charge in [0.1, 0.15) is 0 Å². The van der Waals surface area contributed by atoms with Gasteiger partial charge >= 0.3 is 11.9 Å². The van der Waals surface area contributed by atoms with Crippen molar-refractivity contribution < 1.29 is 19.4 Å². The van der Waals surface area contributed by atoms with Gasteiger partial charge in [0, 0.05) is 5.92 Å². The molecule has 0 saturated heterocycles. The number of benzene rings is 2. The van der Waals surface area contributed by atoms with E-state index in [1.54, 1.807) is 18.2 Å². The van der Waals surface area contributed by atoms with Crippen LogP contribution < -0.4 is 5.32 Å². The van der Waals surface area contributed by atoms with E-state index in [1.165, 1.54) is 13.2 Å². The van der Waals surface area contributed by atoms with Gasteiger partial charge in [0.25, 0.3) is 0 Å². The molecule has 0 bridgehead atoms. The minimum absolute atomic E-state index is 0.0115. The molecule has 0 saturated carbocycles. The highest BCUT2D eigenvalue weighted by atomic mass is 35.5. The Kier molecular flexibility index (Phi) is 4.40. The van der Waals surface area contributed by atoms with Gasteiger partial charge in [-0.25, -0.2) is 9.59 Å². The number of hydrogen-bond acceptors (Lipinski definition) is 4. The lowest BCUT2D eigenvalue weighted by atomic mass is 9.76. The monoisotopic (exact) mass is 383 g/mol. The Hall–Kier alpha value is -2.79. The number of aromatic carboxylic acids is 1. The Bertz CT molecular complexity index is 951. The highest BCUT2D eigenvalue weighted by Crippen LogP contribution is 2.51. The zero-order valence-electron chi connectivity index (χ0n) is 14.6. The molecule has 6 heteroatoms. The van der Waals surface area contributed by atoms with Crippen molar-refractivity contribution in [2.24, 2.45) is 5.92 Å². The number of ether oxygens (including phenoxy) is 1. The average Bonchev–Trinajstić information content (AvgIpc) is 3.17. The fourth-order valence-corrected chi connectivity index (χ4v) is 4.33. The Morgan fingerprint density at radius 2 is 1.93 bits per heavy atom. The summed E-state index contributed by atoms with van der Waals surface area (Å²) in [6.07, 6.45) is 5.14. The number of esters is 1. The highest BCUT2D eigenvalue weighted by Gasteiger charge is 2.39. The number of nitrogens with one attached hydrogen (secondary N) is 1. The lowest BCUT2D eigenvalue weighted by Gasteiger charge is -2.38. The molecule has 2 N–H and O–H groups in total. The molecule has 0 unspecified atom stereocenters. The van der Waals surface area contributed by atoms with Crippen LogP contribution in [0.4, 0.5) is 5.69 Å². The van der Waals surface area contributed by atoms with Crippen LogP contribution in [0.5, 0.6) is 0 Å². The summed E-state index contributed by atoms with van der Waals surface area (Å²) in [5, 5.41) is 13.2. The lowest BCUT2D eigenvalue weighted by molar-refractivity contribution is 0.0599. The molecule has 138 valence electrons. The maximum absolute atomic E-state index is 11.7. The van der Waals surface area contributed by atoms with Crippen molar-refractivity contribution >= 4 is 29.2 Å². The summed E-state index contributed by atoms with van der Waals surface area (Å²) < 4.78 is 4.75. The quantitative estimate of drug-likeness (QED) is 0.596. The van der Waals surface area contributed by atoms with Gasteiger partial charge in [-0.05, 0) is 47.7 Å². The molecule has 2 aromatic carbocycles. The van der Waals surface area contributed by atoms with Gasteiger partial charge in [-0.15, -0.1) is 0 Å². The van der Waals surface area contributed by atoms with E-state index >= 15 is 0 Å². The molecule has 0 aromatic heterocycles. The van der Waals surface area contributed by atoms with Crippen molar-refractivity contribution in [1.82, 2.24) is 0 Å². The van der Waals surface area contributed by atoms with Crippen LogP contribution in [0.1, 0.15) is 50.2 Å². The van der Waals surface area contributed by atoms with Crippen molar-refractivity contribution in [3.05, 3.63) is 75.8 Å². The van der Waals surface area contributed by atoms with Gasteiger partial charge in [0.05, 0.1) is 35.0 Å². The third-order valence-corrected chi connectivity index (χ3v) is 5.66. The predicted octanol–water partition coefficient (Wildman–Crippen LogP) is 4.65. The summed E-state index contributed by atoms with van der Waals surface area (Å²) in [4.78, 5) is 23.1. The Balaban J connectivity index is 1.74. The van der Waals surface area contributed by atoms with Gasteiger partial charge in [0.15, 0.2) is 0 Å². The summed E-state index contributed by atoms with van der Waals surface area (Å²) in [5.41, 5.74) is 3.44. The van der Waals surface area contributed by atoms with Crippen LogP contribution in [0.15, 0.2) is 48.6 Å². The van der Waals surface area contributed by atoms with E-state index in [9.17, 15) is 14.7 Å². The number of fused-ring (bicyclic) bond motifs is 3. The topological polar surface area (TPSA) is 75.6 Å².